The highest BCUT2D eigenvalue weighted by Crippen LogP contribution is 2.41. The molecule has 0 bridgehead atoms. The van der Waals surface area contributed by atoms with Gasteiger partial charge in [-0.1, -0.05) is 58.4 Å². The van der Waals surface area contributed by atoms with Gasteiger partial charge in [0.2, 0.25) is 0 Å². The van der Waals surface area contributed by atoms with Gasteiger partial charge in [-0.2, -0.15) is 13.2 Å². The van der Waals surface area contributed by atoms with E-state index in [2.05, 4.69) is 4.98 Å². The van der Waals surface area contributed by atoms with Crippen LogP contribution in [-0.4, -0.2) is 16.3 Å². The minimum Gasteiger partial charge on any atom is -0.376 e. The molecule has 0 radical (unpaired) electrons. The number of halogens is 5. The molecule has 1 heterocycles. The Kier molecular flexibility index (Phi) is 4.80. The Balaban J connectivity index is 2.22. The second kappa shape index (κ2) is 5.96. The van der Waals surface area contributed by atoms with Crippen LogP contribution in [0.1, 0.15) is 12.5 Å². The maximum Gasteiger partial charge on any atom is 0.421 e. The second-order valence-corrected chi connectivity index (χ2v) is 7.52. The summed E-state index contributed by atoms with van der Waals surface area (Å²) in [6.07, 6.45) is -4.74. The van der Waals surface area contributed by atoms with Gasteiger partial charge in [0, 0.05) is 4.90 Å². The molecule has 1 aromatic carbocycles. The van der Waals surface area contributed by atoms with Gasteiger partial charge in [-0.15, -0.1) is 0 Å². The molecule has 1 atom stereocenters. The lowest BCUT2D eigenvalue weighted by atomic mass is 9.96. The summed E-state index contributed by atoms with van der Waals surface area (Å²) in [5, 5.41) is 9.82. The number of hydrogen-bond donors (Lipinski definition) is 1. The van der Waals surface area contributed by atoms with Gasteiger partial charge in [0.25, 0.3) is 0 Å². The lowest BCUT2D eigenvalue weighted by Gasteiger charge is -2.26. The lowest BCUT2D eigenvalue weighted by Crippen LogP contribution is -2.39. The first-order valence-electron chi connectivity index (χ1n) is 5.50. The van der Waals surface area contributed by atoms with Crippen molar-refractivity contribution in [1.82, 2.24) is 4.98 Å². The summed E-state index contributed by atoms with van der Waals surface area (Å²) in [5.74, 6) is 0. The number of aromatic nitrogens is 1. The summed E-state index contributed by atoms with van der Waals surface area (Å²) in [6.45, 7) is 0.717. The van der Waals surface area contributed by atoms with E-state index in [4.69, 9.17) is 23.2 Å². The SMILES string of the molecule is CC(O)(c1ccc(Sc2sc(Cl)nc2Cl)cc1)C(F)(F)F. The van der Waals surface area contributed by atoms with Gasteiger partial charge in [0.05, 0.1) is 0 Å². The molecule has 0 aliphatic carbocycles. The minimum atomic E-state index is -4.74. The van der Waals surface area contributed by atoms with Crippen molar-refractivity contribution in [3.63, 3.8) is 0 Å². The monoisotopic (exact) mass is 373 g/mol. The molecule has 0 aliphatic heterocycles. The Bertz CT molecular complexity index is 641. The highest BCUT2D eigenvalue weighted by Gasteiger charge is 2.51. The maximum absolute atomic E-state index is 12.7. The van der Waals surface area contributed by atoms with Gasteiger partial charge in [0.15, 0.2) is 15.2 Å². The Morgan fingerprint density at radius 2 is 1.76 bits per heavy atom. The highest BCUT2D eigenvalue weighted by atomic mass is 35.5. The van der Waals surface area contributed by atoms with Gasteiger partial charge in [0.1, 0.15) is 4.21 Å². The normalized spacial score (nSPS) is 15.0. The summed E-state index contributed by atoms with van der Waals surface area (Å²) >= 11 is 14.0. The predicted molar refractivity (Wildman–Crippen MR) is 78.3 cm³/mol. The Morgan fingerprint density at radius 3 is 2.19 bits per heavy atom. The molecule has 9 heteroatoms. The molecule has 0 saturated heterocycles. The van der Waals surface area contributed by atoms with Crippen LogP contribution in [0.4, 0.5) is 13.2 Å². The molecule has 0 fully saturated rings. The van der Waals surface area contributed by atoms with Crippen LogP contribution in [0.2, 0.25) is 9.62 Å². The Labute approximate surface area is 136 Å². The lowest BCUT2D eigenvalue weighted by molar-refractivity contribution is -0.258. The van der Waals surface area contributed by atoms with Gasteiger partial charge in [-0.3, -0.25) is 0 Å². The van der Waals surface area contributed by atoms with Crippen LogP contribution in [0, 0.1) is 0 Å². The van der Waals surface area contributed by atoms with E-state index in [1.54, 1.807) is 0 Å². The van der Waals surface area contributed by atoms with Crippen LogP contribution in [-0.2, 0) is 5.60 Å². The van der Waals surface area contributed by atoms with Gasteiger partial charge in [-0.05, 0) is 24.6 Å². The van der Waals surface area contributed by atoms with Crippen LogP contribution in [0.25, 0.3) is 0 Å². The third kappa shape index (κ3) is 3.65. The fourth-order valence-corrected chi connectivity index (χ4v) is 4.04. The molecule has 114 valence electrons. The Morgan fingerprint density at radius 1 is 1.19 bits per heavy atom. The fourth-order valence-electron chi connectivity index (χ4n) is 1.45. The quantitative estimate of drug-likeness (QED) is 0.784. The van der Waals surface area contributed by atoms with E-state index in [9.17, 15) is 18.3 Å². The molecule has 0 aliphatic rings. The summed E-state index contributed by atoms with van der Waals surface area (Å²) in [4.78, 5) is 4.50. The standard InChI is InChI=1S/C12H8Cl2F3NOS2/c1-11(19,12(15,16)17)6-2-4-7(5-3-6)20-9-8(13)18-10(14)21-9/h2-5,19H,1H3. The molecule has 0 saturated carbocycles. The first kappa shape index (κ1) is 16.9. The topological polar surface area (TPSA) is 33.1 Å². The molecule has 1 unspecified atom stereocenters. The van der Waals surface area contributed by atoms with Crippen molar-refractivity contribution in [2.24, 2.45) is 0 Å². The average Bonchev–Trinajstić information content (AvgIpc) is 2.67. The third-order valence-electron chi connectivity index (χ3n) is 2.71. The number of hydrogen-bond acceptors (Lipinski definition) is 4. The predicted octanol–water partition coefficient (Wildman–Crippen LogP) is 5.37. The van der Waals surface area contributed by atoms with Crippen LogP contribution < -0.4 is 0 Å². The molecule has 2 aromatic rings. The summed E-state index contributed by atoms with van der Waals surface area (Å²) in [6, 6.07) is 5.41. The van der Waals surface area contributed by atoms with Crippen molar-refractivity contribution in [1.29, 1.82) is 0 Å². The molecule has 2 nitrogen and oxygen atoms in total. The number of benzene rings is 1. The third-order valence-corrected chi connectivity index (χ3v) is 5.55. The van der Waals surface area contributed by atoms with E-state index in [-0.39, 0.29) is 10.7 Å². The highest BCUT2D eigenvalue weighted by molar-refractivity contribution is 8.01. The van der Waals surface area contributed by atoms with E-state index < -0.39 is 11.8 Å². The van der Waals surface area contributed by atoms with E-state index in [1.807, 2.05) is 0 Å². The Hall–Kier alpha value is -0.470. The second-order valence-electron chi connectivity index (χ2n) is 4.24. The van der Waals surface area contributed by atoms with Crippen LogP contribution in [0.3, 0.4) is 0 Å². The van der Waals surface area contributed by atoms with Crippen molar-refractivity contribution in [3.05, 3.63) is 39.4 Å². The molecule has 2 rings (SSSR count). The first-order chi connectivity index (χ1) is 9.61. The van der Waals surface area contributed by atoms with Gasteiger partial charge >= 0.3 is 6.18 Å². The molecule has 0 amide bonds. The molecule has 0 spiro atoms. The summed E-state index contributed by atoms with van der Waals surface area (Å²) in [5.41, 5.74) is -3.12. The van der Waals surface area contributed by atoms with Crippen LogP contribution in [0.5, 0.6) is 0 Å². The zero-order valence-corrected chi connectivity index (χ0v) is 13.6. The van der Waals surface area contributed by atoms with E-state index >= 15 is 0 Å². The fraction of sp³-hybridized carbons (Fsp3) is 0.250. The molecule has 1 aromatic heterocycles. The largest absolute Gasteiger partial charge is 0.421 e. The molecule has 1 N–H and O–H groups in total. The number of rotatable bonds is 3. The zero-order chi connectivity index (χ0) is 15.8. The van der Waals surface area contributed by atoms with Crippen molar-refractivity contribution in [3.8, 4) is 0 Å². The number of alkyl halides is 3. The number of aliphatic hydroxyl groups is 1. The smallest absolute Gasteiger partial charge is 0.376 e. The minimum absolute atomic E-state index is 0.229. The number of thiazole rings is 1. The van der Waals surface area contributed by atoms with Gasteiger partial charge < -0.3 is 5.11 Å². The average molecular weight is 374 g/mol. The van der Waals surface area contributed by atoms with Crippen LogP contribution >= 0.6 is 46.3 Å². The summed E-state index contributed by atoms with van der Waals surface area (Å²) in [7, 11) is 0. The maximum atomic E-state index is 12.7. The summed E-state index contributed by atoms with van der Waals surface area (Å²) < 4.78 is 39.1. The zero-order valence-electron chi connectivity index (χ0n) is 10.4. The van der Waals surface area contributed by atoms with E-state index in [0.717, 1.165) is 6.92 Å². The van der Waals surface area contributed by atoms with Gasteiger partial charge in [-0.25, -0.2) is 4.98 Å². The molecular formula is C12H8Cl2F3NOS2. The van der Waals surface area contributed by atoms with Crippen molar-refractivity contribution in [2.75, 3.05) is 0 Å². The van der Waals surface area contributed by atoms with Crippen molar-refractivity contribution in [2.45, 2.75) is 27.8 Å². The van der Waals surface area contributed by atoms with E-state index in [0.29, 0.717) is 13.6 Å². The molecule has 21 heavy (non-hydrogen) atoms. The van der Waals surface area contributed by atoms with Crippen molar-refractivity contribution < 1.29 is 18.3 Å². The van der Waals surface area contributed by atoms with Crippen molar-refractivity contribution >= 4 is 46.3 Å². The van der Waals surface area contributed by atoms with Crippen LogP contribution in [0.15, 0.2) is 33.4 Å². The van der Waals surface area contributed by atoms with E-state index in [1.165, 1.54) is 47.4 Å². The molecular weight excluding hydrogens is 366 g/mol. The number of nitrogens with zero attached hydrogens (tertiary/aromatic N) is 1. The first-order valence-corrected chi connectivity index (χ1v) is 7.89.